The summed E-state index contributed by atoms with van der Waals surface area (Å²) in [5.41, 5.74) is 0. The van der Waals surface area contributed by atoms with E-state index in [9.17, 15) is 5.11 Å². The second-order valence-electron chi connectivity index (χ2n) is 5.50. The third-order valence-electron chi connectivity index (χ3n) is 4.32. The van der Waals surface area contributed by atoms with Crippen LogP contribution in [0.3, 0.4) is 0 Å². The summed E-state index contributed by atoms with van der Waals surface area (Å²) in [5.74, 6) is 3.34. The first-order valence-corrected chi connectivity index (χ1v) is 6.91. The van der Waals surface area contributed by atoms with Crippen molar-refractivity contribution in [3.8, 4) is 0 Å². The Kier molecular flexibility index (Phi) is 3.14. The lowest BCUT2D eigenvalue weighted by Gasteiger charge is -2.25. The molecule has 0 aromatic carbocycles. The average Bonchev–Trinajstić information content (AvgIpc) is 2.82. The largest absolute Gasteiger partial charge is 0.396 e. The molecule has 1 aromatic rings. The highest BCUT2D eigenvalue weighted by Gasteiger charge is 2.27. The topological polar surface area (TPSA) is 50.9 Å². The fourth-order valence-electron chi connectivity index (χ4n) is 3.23. The van der Waals surface area contributed by atoms with Gasteiger partial charge in [0.25, 0.3) is 0 Å². The molecule has 0 radical (unpaired) electrons. The molecule has 1 fully saturated rings. The molecule has 3 rings (SSSR count). The molecular formula is C13H21N3O. The van der Waals surface area contributed by atoms with Gasteiger partial charge < -0.3 is 9.67 Å². The van der Waals surface area contributed by atoms with Crippen molar-refractivity contribution in [1.82, 2.24) is 14.8 Å². The van der Waals surface area contributed by atoms with Gasteiger partial charge in [0.1, 0.15) is 11.6 Å². The van der Waals surface area contributed by atoms with Crippen molar-refractivity contribution < 1.29 is 5.11 Å². The quantitative estimate of drug-likeness (QED) is 0.851. The Morgan fingerprint density at radius 1 is 1.12 bits per heavy atom. The van der Waals surface area contributed by atoms with E-state index in [1.54, 1.807) is 0 Å². The maximum Gasteiger partial charge on any atom is 0.136 e. The molecule has 1 unspecified atom stereocenters. The molecular weight excluding hydrogens is 214 g/mol. The van der Waals surface area contributed by atoms with E-state index in [4.69, 9.17) is 0 Å². The minimum absolute atomic E-state index is 0.283. The fourth-order valence-corrected chi connectivity index (χ4v) is 3.23. The molecule has 94 valence electrons. The molecule has 4 heteroatoms. The molecule has 17 heavy (non-hydrogen) atoms. The Hall–Kier alpha value is -0.900. The van der Waals surface area contributed by atoms with E-state index >= 15 is 0 Å². The summed E-state index contributed by atoms with van der Waals surface area (Å²) in [6.07, 6.45) is 8.59. The molecule has 1 aromatic heterocycles. The van der Waals surface area contributed by atoms with Crippen LogP contribution in [0.1, 0.15) is 56.1 Å². The highest BCUT2D eigenvalue weighted by atomic mass is 16.3. The van der Waals surface area contributed by atoms with E-state index in [1.807, 2.05) is 0 Å². The van der Waals surface area contributed by atoms with Gasteiger partial charge >= 0.3 is 0 Å². The van der Waals surface area contributed by atoms with Gasteiger partial charge in [-0.3, -0.25) is 0 Å². The molecule has 1 aliphatic carbocycles. The minimum Gasteiger partial charge on any atom is -0.396 e. The molecule has 4 nitrogen and oxygen atoms in total. The number of aliphatic hydroxyl groups excluding tert-OH is 1. The van der Waals surface area contributed by atoms with Crippen LogP contribution in [0.2, 0.25) is 0 Å². The number of rotatable bonds is 2. The van der Waals surface area contributed by atoms with Gasteiger partial charge in [-0.05, 0) is 25.2 Å². The van der Waals surface area contributed by atoms with Crippen LogP contribution < -0.4 is 0 Å². The fraction of sp³-hybridized carbons (Fsp3) is 0.846. The Morgan fingerprint density at radius 3 is 2.71 bits per heavy atom. The summed E-state index contributed by atoms with van der Waals surface area (Å²) >= 11 is 0. The lowest BCUT2D eigenvalue weighted by Crippen LogP contribution is -2.24. The van der Waals surface area contributed by atoms with Crippen molar-refractivity contribution >= 4 is 0 Å². The zero-order valence-electron chi connectivity index (χ0n) is 10.3. The van der Waals surface area contributed by atoms with Gasteiger partial charge in [-0.25, -0.2) is 0 Å². The first-order chi connectivity index (χ1) is 8.38. The maximum atomic E-state index is 9.21. The van der Waals surface area contributed by atoms with E-state index < -0.39 is 0 Å². The number of fused-ring (bicyclic) bond motifs is 1. The predicted molar refractivity (Wildman–Crippen MR) is 64.7 cm³/mol. The van der Waals surface area contributed by atoms with Crippen LogP contribution in [0, 0.1) is 5.92 Å². The average molecular weight is 235 g/mol. The number of hydrogen-bond donors (Lipinski definition) is 1. The van der Waals surface area contributed by atoms with Crippen molar-refractivity contribution in [3.05, 3.63) is 11.6 Å². The number of nitrogens with zero attached hydrogens (tertiary/aromatic N) is 3. The molecule has 1 saturated carbocycles. The highest BCUT2D eigenvalue weighted by molar-refractivity contribution is 5.06. The summed E-state index contributed by atoms with van der Waals surface area (Å²) in [6.45, 7) is 1.28. The van der Waals surface area contributed by atoms with Gasteiger partial charge in [0, 0.05) is 25.5 Å². The van der Waals surface area contributed by atoms with E-state index in [2.05, 4.69) is 14.8 Å². The van der Waals surface area contributed by atoms with Gasteiger partial charge in [-0.1, -0.05) is 19.3 Å². The normalized spacial score (nSPS) is 25.8. The molecule has 1 atom stereocenters. The van der Waals surface area contributed by atoms with E-state index in [1.165, 1.54) is 37.9 Å². The van der Waals surface area contributed by atoms with Crippen LogP contribution in [0.5, 0.6) is 0 Å². The third kappa shape index (κ3) is 2.10. The van der Waals surface area contributed by atoms with Crippen LogP contribution in [0.25, 0.3) is 0 Å². The van der Waals surface area contributed by atoms with Crippen molar-refractivity contribution in [2.75, 3.05) is 6.61 Å². The van der Waals surface area contributed by atoms with Crippen LogP contribution in [0.15, 0.2) is 0 Å². The third-order valence-corrected chi connectivity index (χ3v) is 4.32. The lowest BCUT2D eigenvalue weighted by atomic mass is 9.88. The van der Waals surface area contributed by atoms with Crippen LogP contribution in [0.4, 0.5) is 0 Å². The van der Waals surface area contributed by atoms with Crippen LogP contribution >= 0.6 is 0 Å². The minimum atomic E-state index is 0.283. The number of aliphatic hydroxyl groups is 1. The summed E-state index contributed by atoms with van der Waals surface area (Å²) in [5, 5.41) is 18.0. The SMILES string of the molecule is OCC1CCn2c(nnc2C2CCCCC2)C1. The molecule has 0 amide bonds. The van der Waals surface area contributed by atoms with E-state index in [0.29, 0.717) is 11.8 Å². The Morgan fingerprint density at radius 2 is 1.94 bits per heavy atom. The van der Waals surface area contributed by atoms with Crippen molar-refractivity contribution in [2.45, 2.75) is 57.4 Å². The van der Waals surface area contributed by atoms with Gasteiger partial charge in [0.15, 0.2) is 0 Å². The Balaban J connectivity index is 1.80. The second-order valence-corrected chi connectivity index (χ2v) is 5.50. The monoisotopic (exact) mass is 235 g/mol. The van der Waals surface area contributed by atoms with E-state index in [0.717, 1.165) is 25.2 Å². The van der Waals surface area contributed by atoms with Crippen molar-refractivity contribution in [1.29, 1.82) is 0 Å². The van der Waals surface area contributed by atoms with Crippen molar-refractivity contribution in [3.63, 3.8) is 0 Å². The molecule has 0 saturated heterocycles. The van der Waals surface area contributed by atoms with Gasteiger partial charge in [0.05, 0.1) is 0 Å². The summed E-state index contributed by atoms with van der Waals surface area (Å²) < 4.78 is 2.32. The van der Waals surface area contributed by atoms with Crippen LogP contribution in [-0.4, -0.2) is 26.5 Å². The standard InChI is InChI=1S/C13H21N3O/c17-9-10-6-7-16-12(8-10)14-15-13(16)11-4-2-1-3-5-11/h10-11,17H,1-9H2. The number of aromatic nitrogens is 3. The molecule has 2 heterocycles. The van der Waals surface area contributed by atoms with E-state index in [-0.39, 0.29) is 6.61 Å². The molecule has 1 N–H and O–H groups in total. The lowest BCUT2D eigenvalue weighted by molar-refractivity contribution is 0.197. The van der Waals surface area contributed by atoms with Gasteiger partial charge in [-0.2, -0.15) is 0 Å². The summed E-state index contributed by atoms with van der Waals surface area (Å²) in [6, 6.07) is 0. The van der Waals surface area contributed by atoms with Crippen LogP contribution in [-0.2, 0) is 13.0 Å². The predicted octanol–water partition coefficient (Wildman–Crippen LogP) is 1.88. The van der Waals surface area contributed by atoms with Gasteiger partial charge in [-0.15, -0.1) is 10.2 Å². The van der Waals surface area contributed by atoms with Gasteiger partial charge in [0.2, 0.25) is 0 Å². The molecule has 0 bridgehead atoms. The molecule has 1 aliphatic heterocycles. The number of hydrogen-bond acceptors (Lipinski definition) is 3. The highest BCUT2D eigenvalue weighted by Crippen LogP contribution is 2.33. The first kappa shape index (κ1) is 11.2. The summed E-state index contributed by atoms with van der Waals surface area (Å²) in [4.78, 5) is 0. The van der Waals surface area contributed by atoms with Crippen molar-refractivity contribution in [2.24, 2.45) is 5.92 Å². The zero-order chi connectivity index (χ0) is 11.7. The maximum absolute atomic E-state index is 9.21. The first-order valence-electron chi connectivity index (χ1n) is 6.91. The Bertz CT molecular complexity index is 382. The Labute approximate surface area is 102 Å². The summed E-state index contributed by atoms with van der Waals surface area (Å²) in [7, 11) is 0. The molecule has 0 spiro atoms. The zero-order valence-corrected chi connectivity index (χ0v) is 10.3. The second kappa shape index (κ2) is 4.77. The molecule has 2 aliphatic rings. The smallest absolute Gasteiger partial charge is 0.136 e.